The number of fused-ring (bicyclic) bond motifs is 1. The first-order valence-corrected chi connectivity index (χ1v) is 7.18. The molecule has 7 heteroatoms. The van der Waals surface area contributed by atoms with Crippen LogP contribution in [0.15, 0.2) is 29.1 Å². The number of H-pyrrole nitrogens is 1. The van der Waals surface area contributed by atoms with Crippen molar-refractivity contribution in [2.45, 2.75) is 31.8 Å². The molecule has 6 nitrogen and oxygen atoms in total. The van der Waals surface area contributed by atoms with Gasteiger partial charge in [-0.15, -0.1) is 12.4 Å². The minimum absolute atomic E-state index is 0. The van der Waals surface area contributed by atoms with Gasteiger partial charge in [0.05, 0.1) is 5.39 Å². The van der Waals surface area contributed by atoms with Crippen molar-refractivity contribution in [3.05, 3.63) is 40.3 Å². The molecule has 22 heavy (non-hydrogen) atoms. The predicted octanol–water partition coefficient (Wildman–Crippen LogP) is 1.22. The number of hydrogen-bond donors (Lipinski definition) is 3. The van der Waals surface area contributed by atoms with Crippen LogP contribution in [0.5, 0.6) is 0 Å². The van der Waals surface area contributed by atoms with Crippen LogP contribution in [0.3, 0.4) is 0 Å². The molecular formula is C15H19ClN4O2. The van der Waals surface area contributed by atoms with Gasteiger partial charge < -0.3 is 10.6 Å². The van der Waals surface area contributed by atoms with Gasteiger partial charge in [0.25, 0.3) is 11.5 Å². The van der Waals surface area contributed by atoms with Crippen LogP contribution in [0.25, 0.3) is 10.8 Å². The Labute approximate surface area is 134 Å². The lowest BCUT2D eigenvalue weighted by molar-refractivity contribution is 0.0915. The summed E-state index contributed by atoms with van der Waals surface area (Å²) in [6, 6.07) is 7.32. The lowest BCUT2D eigenvalue weighted by atomic mass is 9.99. The summed E-state index contributed by atoms with van der Waals surface area (Å²) in [6.45, 7) is 3.04. The number of nitrogens with one attached hydrogen (secondary N) is 3. The molecule has 1 aromatic carbocycles. The second-order valence-electron chi connectivity index (χ2n) is 5.41. The van der Waals surface area contributed by atoms with E-state index in [2.05, 4.69) is 27.8 Å². The van der Waals surface area contributed by atoms with Crippen molar-refractivity contribution in [3.63, 3.8) is 0 Å². The van der Waals surface area contributed by atoms with Gasteiger partial charge in [-0.3, -0.25) is 9.59 Å². The first-order valence-electron chi connectivity index (χ1n) is 7.18. The van der Waals surface area contributed by atoms with Crippen LogP contribution in [0.4, 0.5) is 0 Å². The summed E-state index contributed by atoms with van der Waals surface area (Å²) in [5.74, 6) is -0.247. The molecule has 0 bridgehead atoms. The lowest BCUT2D eigenvalue weighted by Crippen LogP contribution is -2.52. The molecule has 2 aromatic rings. The van der Waals surface area contributed by atoms with Crippen molar-refractivity contribution in [1.82, 2.24) is 20.8 Å². The second kappa shape index (κ2) is 6.89. The van der Waals surface area contributed by atoms with E-state index in [4.69, 9.17) is 0 Å². The largest absolute Gasteiger partial charge is 0.346 e. The van der Waals surface area contributed by atoms with Crippen molar-refractivity contribution in [2.24, 2.45) is 0 Å². The predicted molar refractivity (Wildman–Crippen MR) is 87.6 cm³/mol. The molecule has 1 aliphatic heterocycles. The van der Waals surface area contributed by atoms with Crippen molar-refractivity contribution in [2.75, 3.05) is 6.54 Å². The average Bonchev–Trinajstić information content (AvgIpc) is 2.50. The Morgan fingerprint density at radius 1 is 1.32 bits per heavy atom. The van der Waals surface area contributed by atoms with E-state index in [1.165, 1.54) is 0 Å². The van der Waals surface area contributed by atoms with Crippen LogP contribution in [-0.4, -0.2) is 34.7 Å². The van der Waals surface area contributed by atoms with E-state index in [1.807, 2.05) is 0 Å². The normalized spacial score (nSPS) is 21.1. The Balaban J connectivity index is 0.00000176. The van der Waals surface area contributed by atoms with Crippen molar-refractivity contribution in [1.29, 1.82) is 0 Å². The molecule has 1 amide bonds. The minimum Gasteiger partial charge on any atom is -0.346 e. The van der Waals surface area contributed by atoms with Gasteiger partial charge in [0.1, 0.15) is 0 Å². The highest BCUT2D eigenvalue weighted by Gasteiger charge is 2.24. The van der Waals surface area contributed by atoms with Crippen LogP contribution >= 0.6 is 12.4 Å². The SMILES string of the molecule is CC1NCCCC1NC(=O)c1n[nH]c(=O)c2ccccc12.Cl. The Hall–Kier alpha value is -1.92. The van der Waals surface area contributed by atoms with Gasteiger partial charge >= 0.3 is 0 Å². The third-order valence-corrected chi connectivity index (χ3v) is 3.99. The third kappa shape index (κ3) is 3.13. The summed E-state index contributed by atoms with van der Waals surface area (Å²) in [4.78, 5) is 24.2. The summed E-state index contributed by atoms with van der Waals surface area (Å²) in [5, 5.41) is 13.7. The lowest BCUT2D eigenvalue weighted by Gasteiger charge is -2.30. The Bertz CT molecular complexity index is 731. The molecule has 0 saturated carbocycles. The molecule has 2 unspecified atom stereocenters. The van der Waals surface area contributed by atoms with Gasteiger partial charge in [0, 0.05) is 17.5 Å². The van der Waals surface area contributed by atoms with Crippen molar-refractivity contribution >= 4 is 29.1 Å². The Morgan fingerprint density at radius 2 is 2.05 bits per heavy atom. The molecule has 0 radical (unpaired) electrons. The zero-order chi connectivity index (χ0) is 14.8. The number of aromatic amines is 1. The smallest absolute Gasteiger partial charge is 0.272 e. The van der Waals surface area contributed by atoms with Crippen molar-refractivity contribution in [3.8, 4) is 0 Å². The number of carbonyl (C=O) groups is 1. The highest BCUT2D eigenvalue weighted by molar-refractivity contribution is 6.04. The maximum absolute atomic E-state index is 12.5. The van der Waals surface area contributed by atoms with E-state index in [-0.39, 0.29) is 41.7 Å². The molecule has 1 saturated heterocycles. The number of benzene rings is 1. The van der Waals surface area contributed by atoms with Gasteiger partial charge in [-0.1, -0.05) is 18.2 Å². The number of hydrogen-bond acceptors (Lipinski definition) is 4. The average molecular weight is 323 g/mol. The Kier molecular flexibility index (Phi) is 5.15. The number of carbonyl (C=O) groups excluding carboxylic acids is 1. The van der Waals surface area contributed by atoms with Crippen LogP contribution in [0, 0.1) is 0 Å². The minimum atomic E-state index is -0.283. The van der Waals surface area contributed by atoms with Crippen molar-refractivity contribution < 1.29 is 4.79 Å². The summed E-state index contributed by atoms with van der Waals surface area (Å²) >= 11 is 0. The topological polar surface area (TPSA) is 86.9 Å². The fraction of sp³-hybridized carbons (Fsp3) is 0.400. The molecule has 3 rings (SSSR count). The van der Waals surface area contributed by atoms with Gasteiger partial charge in [-0.2, -0.15) is 5.10 Å². The second-order valence-corrected chi connectivity index (χ2v) is 5.41. The first-order chi connectivity index (χ1) is 10.2. The van der Waals surface area contributed by atoms with E-state index >= 15 is 0 Å². The molecule has 1 aromatic heterocycles. The number of halogens is 1. The highest BCUT2D eigenvalue weighted by atomic mass is 35.5. The quantitative estimate of drug-likeness (QED) is 0.776. The van der Waals surface area contributed by atoms with Gasteiger partial charge in [-0.25, -0.2) is 5.10 Å². The zero-order valence-electron chi connectivity index (χ0n) is 12.3. The first kappa shape index (κ1) is 16.5. The summed E-state index contributed by atoms with van der Waals surface area (Å²) in [7, 11) is 0. The number of piperidine rings is 1. The number of amides is 1. The summed E-state index contributed by atoms with van der Waals surface area (Å²) in [6.07, 6.45) is 1.98. The van der Waals surface area contributed by atoms with Gasteiger partial charge in [-0.05, 0) is 32.4 Å². The molecular weight excluding hydrogens is 304 g/mol. The molecule has 0 aliphatic carbocycles. The molecule has 1 aliphatic rings. The highest BCUT2D eigenvalue weighted by Crippen LogP contribution is 2.14. The standard InChI is InChI=1S/C15H18N4O2.ClH/c1-9-12(7-4-8-16-9)17-15(21)13-10-5-2-3-6-11(10)14(20)19-18-13;/h2-3,5-6,9,12,16H,4,7-8H2,1H3,(H,17,21)(H,19,20);1H. The number of aromatic nitrogens is 2. The van der Waals surface area contributed by atoms with Crippen LogP contribution in [-0.2, 0) is 0 Å². The maximum Gasteiger partial charge on any atom is 0.272 e. The molecule has 3 N–H and O–H groups in total. The van der Waals surface area contributed by atoms with Crippen LogP contribution in [0.1, 0.15) is 30.3 Å². The number of rotatable bonds is 2. The van der Waals surface area contributed by atoms with E-state index in [0.717, 1.165) is 19.4 Å². The molecule has 0 spiro atoms. The molecule has 2 heterocycles. The molecule has 1 fully saturated rings. The van der Waals surface area contributed by atoms with Gasteiger partial charge in [0.2, 0.25) is 0 Å². The summed E-state index contributed by atoms with van der Waals surface area (Å²) in [5.41, 5.74) is -0.0159. The van der Waals surface area contributed by atoms with Crippen LogP contribution < -0.4 is 16.2 Å². The summed E-state index contributed by atoms with van der Waals surface area (Å²) < 4.78 is 0. The van der Waals surface area contributed by atoms with E-state index in [1.54, 1.807) is 24.3 Å². The fourth-order valence-corrected chi connectivity index (χ4v) is 2.77. The number of nitrogens with zero attached hydrogens (tertiary/aromatic N) is 1. The maximum atomic E-state index is 12.5. The van der Waals surface area contributed by atoms with E-state index in [9.17, 15) is 9.59 Å². The third-order valence-electron chi connectivity index (χ3n) is 3.99. The van der Waals surface area contributed by atoms with E-state index < -0.39 is 0 Å². The molecule has 2 atom stereocenters. The van der Waals surface area contributed by atoms with Crippen LogP contribution in [0.2, 0.25) is 0 Å². The molecule has 118 valence electrons. The Morgan fingerprint density at radius 3 is 2.77 bits per heavy atom. The van der Waals surface area contributed by atoms with E-state index in [0.29, 0.717) is 10.8 Å². The fourth-order valence-electron chi connectivity index (χ4n) is 2.77. The van der Waals surface area contributed by atoms with Gasteiger partial charge in [0.15, 0.2) is 5.69 Å². The monoisotopic (exact) mass is 322 g/mol. The zero-order valence-corrected chi connectivity index (χ0v) is 13.1.